The van der Waals surface area contributed by atoms with E-state index in [4.69, 9.17) is 14.7 Å². The zero-order chi connectivity index (χ0) is 51.8. The van der Waals surface area contributed by atoms with Gasteiger partial charge in [0.2, 0.25) is 0 Å². The number of nitrogens with one attached hydrogen (secondary N) is 1. The number of carbonyl (C=O) groups is 3. The second-order valence-corrected chi connectivity index (χ2v) is 19.4. The molecule has 18 nitrogen and oxygen atoms in total. The third kappa shape index (κ3) is 9.73. The molecule has 2 aliphatic rings. The molecule has 2 aliphatic heterocycles. The van der Waals surface area contributed by atoms with E-state index in [1.54, 1.807) is 63.0 Å². The Labute approximate surface area is 430 Å². The molecule has 2 saturated heterocycles. The average Bonchev–Trinajstić information content (AvgIpc) is 4.07. The number of rotatable bonds is 8. The van der Waals surface area contributed by atoms with E-state index in [1.165, 1.54) is 5.69 Å². The number of amides is 1. The lowest BCUT2D eigenvalue weighted by molar-refractivity contribution is 0.0240. The lowest BCUT2D eigenvalue weighted by Crippen LogP contribution is -2.50. The smallest absolute Gasteiger partial charge is 0.410 e. The number of para-hydroxylation sites is 2. The number of fused-ring (bicyclic) bond motifs is 4. The van der Waals surface area contributed by atoms with Crippen molar-refractivity contribution in [3.05, 3.63) is 158 Å². The van der Waals surface area contributed by atoms with Crippen LogP contribution < -0.4 is 15.1 Å². The first-order chi connectivity index (χ1) is 36.4. The van der Waals surface area contributed by atoms with Gasteiger partial charge in [0.05, 0.1) is 34.6 Å². The molecule has 75 heavy (non-hydrogen) atoms. The maximum atomic E-state index is 12.4. The van der Waals surface area contributed by atoms with Crippen molar-refractivity contribution in [1.29, 1.82) is 0 Å². The second kappa shape index (κ2) is 20.0. The zero-order valence-corrected chi connectivity index (χ0v) is 41.5. The minimum absolute atomic E-state index is 0.157. The van der Waals surface area contributed by atoms with Crippen LogP contribution in [0.3, 0.4) is 0 Å². The molecule has 3 N–H and O–H groups in total. The van der Waals surface area contributed by atoms with Gasteiger partial charge < -0.3 is 35.0 Å². The molecule has 0 spiro atoms. The minimum atomic E-state index is -1.02. The molecule has 12 rings (SSSR count). The van der Waals surface area contributed by atoms with Gasteiger partial charge in [-0.25, -0.2) is 33.4 Å². The molecule has 0 unspecified atom stereocenters. The van der Waals surface area contributed by atoms with Crippen LogP contribution in [0.15, 0.2) is 147 Å². The molecule has 8 heterocycles. The molecule has 0 bridgehead atoms. The molecule has 4 aromatic carbocycles. The van der Waals surface area contributed by atoms with Crippen LogP contribution in [0.5, 0.6) is 0 Å². The summed E-state index contributed by atoms with van der Waals surface area (Å²) in [6.45, 7) is 12.4. The molecular weight excluding hydrogens is 949 g/mol. The van der Waals surface area contributed by atoms with Crippen LogP contribution in [0.4, 0.5) is 16.2 Å². The molecule has 376 valence electrons. The highest BCUT2D eigenvalue weighted by molar-refractivity contribution is 6.08. The normalized spacial score (nSPS) is 14.0. The van der Waals surface area contributed by atoms with E-state index in [2.05, 4.69) is 83.8 Å². The number of carboxylic acid groups (broad SMARTS) is 2. The maximum Gasteiger partial charge on any atom is 0.410 e. The topological polar surface area (TPSA) is 209 Å². The van der Waals surface area contributed by atoms with Gasteiger partial charge in [0, 0.05) is 134 Å². The number of ether oxygens (including phenoxy) is 1. The number of aromatic carboxylic acids is 2. The van der Waals surface area contributed by atoms with E-state index in [9.17, 15) is 24.6 Å². The maximum absolute atomic E-state index is 12.4. The third-order valence-corrected chi connectivity index (χ3v) is 13.5. The van der Waals surface area contributed by atoms with E-state index in [1.807, 2.05) is 69.8 Å². The van der Waals surface area contributed by atoms with Crippen molar-refractivity contribution < 1.29 is 29.3 Å². The number of pyridine rings is 2. The lowest BCUT2D eigenvalue weighted by Gasteiger charge is -2.36. The Morgan fingerprint density at radius 3 is 1.41 bits per heavy atom. The van der Waals surface area contributed by atoms with Crippen LogP contribution in [0.1, 0.15) is 41.5 Å². The summed E-state index contributed by atoms with van der Waals surface area (Å²) in [7, 11) is 0. The summed E-state index contributed by atoms with van der Waals surface area (Å²) in [4.78, 5) is 60.2. The Hall–Kier alpha value is -9.29. The SMILES string of the molecule is CC(C)(C)OC(=O)N1CCN(c2ccc(-c3cnc4c(-c5ccnc6c(C(=O)O)cccc56)cnn4c3)cc2)CC1.O=C(O)c1cccc2c(-c3cnn4cc(-c5ccc(N6CCNCC6)cc5)cnc34)ccnc12. The molecule has 0 atom stereocenters. The number of nitrogens with zero attached hydrogens (tertiary/aromatic N) is 11. The van der Waals surface area contributed by atoms with Crippen molar-refractivity contribution in [2.45, 2.75) is 26.4 Å². The van der Waals surface area contributed by atoms with Gasteiger partial charge in [-0.2, -0.15) is 10.2 Å². The summed E-state index contributed by atoms with van der Waals surface area (Å²) in [5, 5.41) is 33.1. The number of carbonyl (C=O) groups excluding carboxylic acids is 1. The molecule has 2 fully saturated rings. The molecule has 6 aromatic heterocycles. The molecule has 0 radical (unpaired) electrons. The third-order valence-electron chi connectivity index (χ3n) is 13.5. The molecule has 18 heteroatoms. The molecule has 0 aliphatic carbocycles. The van der Waals surface area contributed by atoms with Gasteiger partial charge in [0.15, 0.2) is 11.3 Å². The monoisotopic (exact) mass is 1000 g/mol. The highest BCUT2D eigenvalue weighted by atomic mass is 16.6. The quantitative estimate of drug-likeness (QED) is 0.130. The van der Waals surface area contributed by atoms with Crippen LogP contribution in [-0.2, 0) is 4.74 Å². The number of hydrogen-bond acceptors (Lipinski definition) is 13. The van der Waals surface area contributed by atoms with Crippen molar-refractivity contribution in [3.63, 3.8) is 0 Å². The van der Waals surface area contributed by atoms with Crippen LogP contribution >= 0.6 is 0 Å². The highest BCUT2D eigenvalue weighted by Gasteiger charge is 2.26. The van der Waals surface area contributed by atoms with Crippen LogP contribution in [0, 0.1) is 0 Å². The number of anilines is 2. The molecule has 1 amide bonds. The van der Waals surface area contributed by atoms with Gasteiger partial charge in [-0.15, -0.1) is 0 Å². The fourth-order valence-corrected chi connectivity index (χ4v) is 9.72. The molecule has 0 saturated carbocycles. The number of hydrogen-bond donors (Lipinski definition) is 3. The van der Waals surface area contributed by atoms with Crippen molar-refractivity contribution in [2.75, 3.05) is 62.2 Å². The van der Waals surface area contributed by atoms with Crippen molar-refractivity contribution in [1.82, 2.24) is 49.4 Å². The van der Waals surface area contributed by atoms with Gasteiger partial charge in [-0.3, -0.25) is 9.97 Å². The summed E-state index contributed by atoms with van der Waals surface area (Å²) in [6.07, 6.45) is 14.1. The van der Waals surface area contributed by atoms with E-state index in [0.29, 0.717) is 35.4 Å². The fourth-order valence-electron chi connectivity index (χ4n) is 9.72. The van der Waals surface area contributed by atoms with E-state index in [0.717, 1.165) is 100 Å². The summed E-state index contributed by atoms with van der Waals surface area (Å²) in [5.41, 5.74) is 11.7. The predicted molar refractivity (Wildman–Crippen MR) is 287 cm³/mol. The second-order valence-electron chi connectivity index (χ2n) is 19.4. The van der Waals surface area contributed by atoms with Crippen LogP contribution in [0.25, 0.3) is 77.6 Å². The van der Waals surface area contributed by atoms with Crippen LogP contribution in [0.2, 0.25) is 0 Å². The largest absolute Gasteiger partial charge is 0.478 e. The Kier molecular flexibility index (Phi) is 12.8. The summed E-state index contributed by atoms with van der Waals surface area (Å²) >= 11 is 0. The van der Waals surface area contributed by atoms with Crippen molar-refractivity contribution >= 4 is 62.5 Å². The predicted octanol–water partition coefficient (Wildman–Crippen LogP) is 9.09. The van der Waals surface area contributed by atoms with E-state index >= 15 is 0 Å². The van der Waals surface area contributed by atoms with Crippen molar-refractivity contribution in [2.24, 2.45) is 0 Å². The minimum Gasteiger partial charge on any atom is -0.478 e. The number of aromatic nitrogens is 8. The standard InChI is InChI=1S/C31H30N6O4.C26H22N6O2/c1-31(2,3)41-30(40)36-15-13-35(14-16-36)22-9-7-20(8-10-22)21-17-33-28-26(18-34-37(28)19-21)23-11-12-32-27-24(23)5-4-6-25(27)29(38)39;33-26(34)22-3-1-2-21-20(8-9-28-24(21)22)23-15-30-32-16-18(14-29-25(23)32)17-4-6-19(7-5-17)31-12-10-27-11-13-31/h4-12,17-19H,13-16H2,1-3H3,(H,38,39);1-9,14-16,27H,10-13H2,(H,33,34). The summed E-state index contributed by atoms with van der Waals surface area (Å²) < 4.78 is 9.01. The number of piperazine rings is 2. The first-order valence-corrected chi connectivity index (χ1v) is 24.7. The van der Waals surface area contributed by atoms with Crippen LogP contribution in [-0.4, -0.2) is 130 Å². The Morgan fingerprint density at radius 1 is 0.520 bits per heavy atom. The van der Waals surface area contributed by atoms with Crippen molar-refractivity contribution in [3.8, 4) is 44.5 Å². The number of carboxylic acids is 2. The van der Waals surface area contributed by atoms with E-state index < -0.39 is 17.5 Å². The Bertz CT molecular complexity index is 3780. The molecule has 10 aromatic rings. The first kappa shape index (κ1) is 48.0. The lowest BCUT2D eigenvalue weighted by atomic mass is 10.0. The summed E-state index contributed by atoms with van der Waals surface area (Å²) in [6, 6.07) is 30.9. The first-order valence-electron chi connectivity index (χ1n) is 24.7. The highest BCUT2D eigenvalue weighted by Crippen LogP contribution is 2.34. The average molecular weight is 1000 g/mol. The van der Waals surface area contributed by atoms with Gasteiger partial charge in [-0.05, 0) is 91.6 Å². The zero-order valence-electron chi connectivity index (χ0n) is 41.5. The van der Waals surface area contributed by atoms with Gasteiger partial charge >= 0.3 is 18.0 Å². The van der Waals surface area contributed by atoms with Gasteiger partial charge in [0.1, 0.15) is 5.60 Å². The van der Waals surface area contributed by atoms with E-state index in [-0.39, 0.29) is 17.2 Å². The Balaban J connectivity index is 0.000000163. The number of benzene rings is 4. The van der Waals surface area contributed by atoms with Gasteiger partial charge in [-0.1, -0.05) is 48.5 Å². The Morgan fingerprint density at radius 2 is 0.973 bits per heavy atom. The molecular formula is C57H52N12O6. The van der Waals surface area contributed by atoms with Gasteiger partial charge in [0.25, 0.3) is 0 Å². The fraction of sp³-hybridized carbons (Fsp3) is 0.211. The summed E-state index contributed by atoms with van der Waals surface area (Å²) in [5.74, 6) is -2.02.